The number of carbonyl (C=O) groups excluding carboxylic acids is 2. The average molecular weight is 367 g/mol. The molecule has 136 valence electrons. The molecule has 0 aromatic heterocycles. The van der Waals surface area contributed by atoms with Crippen LogP contribution in [-0.4, -0.2) is 42.5 Å². The van der Waals surface area contributed by atoms with Crippen molar-refractivity contribution in [2.75, 3.05) is 19.8 Å². The Morgan fingerprint density at radius 3 is 2.80 bits per heavy atom. The highest BCUT2D eigenvalue weighted by Gasteiger charge is 2.31. The number of rotatable bonds is 3. The van der Waals surface area contributed by atoms with Crippen LogP contribution < -0.4 is 15.2 Å². The Morgan fingerprint density at radius 1 is 1.28 bits per heavy atom. The standard InChI is InChI=1S/C18H23ClN2O4/c1-11-3-4-13(18(20)23)10-21(11)16(22)9-12-7-14(19)17-15(8-12)24-5-2-6-25-17/h7-8,11,13H,2-6,9-10H2,1H3,(H2,20,23)/t11-,13-/m1/s1. The van der Waals surface area contributed by atoms with Crippen molar-refractivity contribution in [1.29, 1.82) is 0 Å². The smallest absolute Gasteiger partial charge is 0.227 e. The molecular formula is C18H23ClN2O4. The van der Waals surface area contributed by atoms with E-state index in [0.717, 1.165) is 24.8 Å². The van der Waals surface area contributed by atoms with Crippen LogP contribution in [0.15, 0.2) is 12.1 Å². The summed E-state index contributed by atoms with van der Waals surface area (Å²) in [4.78, 5) is 26.0. The van der Waals surface area contributed by atoms with Gasteiger partial charge in [0.05, 0.1) is 30.6 Å². The number of piperidine rings is 1. The molecule has 7 heteroatoms. The van der Waals surface area contributed by atoms with Crippen molar-refractivity contribution in [2.24, 2.45) is 11.7 Å². The molecule has 2 amide bonds. The fourth-order valence-electron chi connectivity index (χ4n) is 3.35. The van der Waals surface area contributed by atoms with Gasteiger partial charge in [0.15, 0.2) is 11.5 Å². The number of carbonyl (C=O) groups is 2. The number of amides is 2. The maximum Gasteiger partial charge on any atom is 0.227 e. The van der Waals surface area contributed by atoms with Crippen molar-refractivity contribution in [3.05, 3.63) is 22.7 Å². The number of hydrogen-bond acceptors (Lipinski definition) is 4. The molecule has 0 aliphatic carbocycles. The van der Waals surface area contributed by atoms with Gasteiger partial charge >= 0.3 is 0 Å². The van der Waals surface area contributed by atoms with Crippen LogP contribution in [0.4, 0.5) is 0 Å². The summed E-state index contributed by atoms with van der Waals surface area (Å²) in [5.74, 6) is 0.463. The lowest BCUT2D eigenvalue weighted by Gasteiger charge is -2.37. The second-order valence-electron chi connectivity index (χ2n) is 6.70. The number of halogens is 1. The Bertz CT molecular complexity index is 679. The fraction of sp³-hybridized carbons (Fsp3) is 0.556. The summed E-state index contributed by atoms with van der Waals surface area (Å²) < 4.78 is 11.3. The van der Waals surface area contributed by atoms with Gasteiger partial charge < -0.3 is 20.1 Å². The summed E-state index contributed by atoms with van der Waals surface area (Å²) in [6.45, 7) is 3.50. The fourth-order valence-corrected chi connectivity index (χ4v) is 3.64. The highest BCUT2D eigenvalue weighted by Crippen LogP contribution is 2.38. The molecule has 2 atom stereocenters. The molecule has 25 heavy (non-hydrogen) atoms. The summed E-state index contributed by atoms with van der Waals surface area (Å²) in [5.41, 5.74) is 6.18. The zero-order valence-electron chi connectivity index (χ0n) is 14.3. The molecule has 1 aromatic carbocycles. The van der Waals surface area contributed by atoms with Gasteiger partial charge in [0.2, 0.25) is 11.8 Å². The number of likely N-dealkylation sites (tertiary alicyclic amines) is 1. The summed E-state index contributed by atoms with van der Waals surface area (Å²) >= 11 is 6.29. The van der Waals surface area contributed by atoms with Crippen LogP contribution in [0, 0.1) is 5.92 Å². The number of nitrogens with zero attached hydrogens (tertiary/aromatic N) is 1. The van der Waals surface area contributed by atoms with Gasteiger partial charge in [-0.3, -0.25) is 9.59 Å². The van der Waals surface area contributed by atoms with Crippen molar-refractivity contribution < 1.29 is 19.1 Å². The van der Waals surface area contributed by atoms with E-state index < -0.39 is 0 Å². The predicted octanol–water partition coefficient (Wildman–Crippen LogP) is 2.16. The Morgan fingerprint density at radius 2 is 2.04 bits per heavy atom. The Balaban J connectivity index is 1.75. The summed E-state index contributed by atoms with van der Waals surface area (Å²) in [5, 5.41) is 0.448. The Labute approximate surface area is 152 Å². The first-order chi connectivity index (χ1) is 12.0. The van der Waals surface area contributed by atoms with Crippen LogP contribution in [0.25, 0.3) is 0 Å². The second-order valence-corrected chi connectivity index (χ2v) is 7.11. The summed E-state index contributed by atoms with van der Waals surface area (Å²) in [6, 6.07) is 3.65. The molecule has 1 aromatic rings. The van der Waals surface area contributed by atoms with Crippen molar-refractivity contribution >= 4 is 23.4 Å². The molecule has 3 rings (SSSR count). The van der Waals surface area contributed by atoms with Gasteiger partial charge in [0.1, 0.15) is 0 Å². The van der Waals surface area contributed by atoms with E-state index in [1.807, 2.05) is 13.0 Å². The third kappa shape index (κ3) is 4.00. The van der Waals surface area contributed by atoms with Gasteiger partial charge in [-0.1, -0.05) is 11.6 Å². The number of ether oxygens (including phenoxy) is 2. The maximum absolute atomic E-state index is 12.8. The third-order valence-corrected chi connectivity index (χ3v) is 5.10. The van der Waals surface area contributed by atoms with E-state index in [1.54, 1.807) is 11.0 Å². The number of primary amides is 1. The van der Waals surface area contributed by atoms with Crippen molar-refractivity contribution in [2.45, 2.75) is 38.6 Å². The molecule has 2 heterocycles. The predicted molar refractivity (Wildman–Crippen MR) is 93.9 cm³/mol. The van der Waals surface area contributed by atoms with E-state index in [0.29, 0.717) is 36.3 Å². The molecule has 2 N–H and O–H groups in total. The molecule has 0 radical (unpaired) electrons. The topological polar surface area (TPSA) is 81.9 Å². The monoisotopic (exact) mass is 366 g/mol. The van der Waals surface area contributed by atoms with Crippen LogP contribution in [-0.2, 0) is 16.0 Å². The average Bonchev–Trinajstić information content (AvgIpc) is 2.80. The highest BCUT2D eigenvalue weighted by molar-refractivity contribution is 6.32. The first-order valence-electron chi connectivity index (χ1n) is 8.62. The SMILES string of the molecule is C[C@@H]1CC[C@@H](C(N)=O)CN1C(=O)Cc1cc(Cl)c2c(c1)OCCCO2. The van der Waals surface area contributed by atoms with Gasteiger partial charge in [-0.2, -0.15) is 0 Å². The Kier molecular flexibility index (Phi) is 5.37. The minimum Gasteiger partial charge on any atom is -0.489 e. The van der Waals surface area contributed by atoms with Crippen LogP contribution >= 0.6 is 11.6 Å². The zero-order valence-corrected chi connectivity index (χ0v) is 15.1. The summed E-state index contributed by atoms with van der Waals surface area (Å²) in [6.07, 6.45) is 2.50. The number of fused-ring (bicyclic) bond motifs is 1. The van der Waals surface area contributed by atoms with Gasteiger partial charge in [-0.15, -0.1) is 0 Å². The first-order valence-corrected chi connectivity index (χ1v) is 9.00. The first kappa shape index (κ1) is 17.9. The van der Waals surface area contributed by atoms with Crippen LogP contribution in [0.5, 0.6) is 11.5 Å². The number of benzene rings is 1. The zero-order chi connectivity index (χ0) is 18.0. The molecule has 0 bridgehead atoms. The normalized spacial score (nSPS) is 23.0. The minimum absolute atomic E-state index is 0.0380. The number of hydrogen-bond donors (Lipinski definition) is 1. The maximum atomic E-state index is 12.8. The molecule has 0 saturated carbocycles. The van der Waals surface area contributed by atoms with Crippen molar-refractivity contribution in [3.63, 3.8) is 0 Å². The molecule has 6 nitrogen and oxygen atoms in total. The van der Waals surface area contributed by atoms with E-state index in [4.69, 9.17) is 26.8 Å². The largest absolute Gasteiger partial charge is 0.489 e. The Hall–Kier alpha value is -1.95. The lowest BCUT2D eigenvalue weighted by atomic mass is 9.92. The van der Waals surface area contributed by atoms with E-state index >= 15 is 0 Å². The molecular weight excluding hydrogens is 344 g/mol. The van der Waals surface area contributed by atoms with Crippen LogP contribution in [0.3, 0.4) is 0 Å². The number of nitrogens with two attached hydrogens (primary N) is 1. The van der Waals surface area contributed by atoms with Gasteiger partial charge in [0, 0.05) is 19.0 Å². The molecule has 1 saturated heterocycles. The lowest BCUT2D eigenvalue weighted by Crippen LogP contribution is -2.49. The third-order valence-electron chi connectivity index (χ3n) is 4.82. The van der Waals surface area contributed by atoms with Gasteiger partial charge in [-0.25, -0.2) is 0 Å². The quantitative estimate of drug-likeness (QED) is 0.888. The van der Waals surface area contributed by atoms with E-state index in [2.05, 4.69) is 0 Å². The second kappa shape index (κ2) is 7.52. The molecule has 2 aliphatic rings. The molecule has 0 spiro atoms. The van der Waals surface area contributed by atoms with Crippen molar-refractivity contribution in [1.82, 2.24) is 4.90 Å². The van der Waals surface area contributed by atoms with Crippen molar-refractivity contribution in [3.8, 4) is 11.5 Å². The van der Waals surface area contributed by atoms with E-state index in [-0.39, 0.29) is 30.2 Å². The lowest BCUT2D eigenvalue weighted by molar-refractivity contribution is -0.136. The molecule has 0 unspecified atom stereocenters. The van der Waals surface area contributed by atoms with Crippen LogP contribution in [0.2, 0.25) is 5.02 Å². The molecule has 1 fully saturated rings. The van der Waals surface area contributed by atoms with Crippen LogP contribution in [0.1, 0.15) is 31.7 Å². The van der Waals surface area contributed by atoms with Gasteiger partial charge in [-0.05, 0) is 37.5 Å². The summed E-state index contributed by atoms with van der Waals surface area (Å²) in [7, 11) is 0. The minimum atomic E-state index is -0.344. The molecule has 2 aliphatic heterocycles. The van der Waals surface area contributed by atoms with E-state index in [9.17, 15) is 9.59 Å². The highest BCUT2D eigenvalue weighted by atomic mass is 35.5. The van der Waals surface area contributed by atoms with Gasteiger partial charge in [0.25, 0.3) is 0 Å². The van der Waals surface area contributed by atoms with E-state index in [1.165, 1.54) is 0 Å².